The van der Waals surface area contributed by atoms with Crippen LogP contribution in [0.3, 0.4) is 0 Å². The standard InChI is InChI=1S/C48H77O11P/c1-3-5-7-8-9-10-11-12-13-14-15-16-17-18-21-24-27-30-34-38-47(52)56-42-46(43-58-60(54,55)57-41-45(51)40-49)59-48(53)39-35-31-28-25-22-19-20-23-26-29-33-37-44(50)36-32-6-4-2/h9-10,12-13,15-16,18-21,25-26,28-29,33,37,45-46,49,51H,3-8,11,14,17,22-24,27,30-32,34-36,38-43H2,1-2H3,(H,54,55)/b10-9-,13-12-,16-15-,20-19-,21-18-,28-25-,29-26-,37-33+/t45-,46+/m0/s1. The molecule has 12 heteroatoms. The Balaban J connectivity index is 4.50. The number of hydrogen-bond acceptors (Lipinski definition) is 10. The van der Waals surface area contributed by atoms with E-state index >= 15 is 0 Å². The highest BCUT2D eigenvalue weighted by atomic mass is 31.2. The van der Waals surface area contributed by atoms with Crippen LogP contribution >= 0.6 is 7.82 Å². The van der Waals surface area contributed by atoms with Crippen molar-refractivity contribution in [3.63, 3.8) is 0 Å². The van der Waals surface area contributed by atoms with Gasteiger partial charge >= 0.3 is 19.8 Å². The molecule has 3 atom stereocenters. The average Bonchev–Trinajstić information content (AvgIpc) is 3.23. The molecule has 0 fully saturated rings. The summed E-state index contributed by atoms with van der Waals surface area (Å²) in [5, 5.41) is 18.3. The van der Waals surface area contributed by atoms with E-state index in [9.17, 15) is 28.9 Å². The minimum absolute atomic E-state index is 0.0689. The minimum atomic E-state index is -4.66. The number of carbonyl (C=O) groups is 3. The van der Waals surface area contributed by atoms with E-state index in [-0.39, 0.29) is 25.2 Å². The number of phosphoric acid groups is 1. The van der Waals surface area contributed by atoms with Crippen LogP contribution in [0.25, 0.3) is 0 Å². The molecule has 11 nitrogen and oxygen atoms in total. The smallest absolute Gasteiger partial charge is 0.462 e. The molecule has 0 aromatic rings. The number of allylic oxidation sites excluding steroid dienone is 16. The van der Waals surface area contributed by atoms with Crippen LogP contribution < -0.4 is 0 Å². The van der Waals surface area contributed by atoms with Crippen LogP contribution in [-0.4, -0.2) is 71.5 Å². The third-order valence-corrected chi connectivity index (χ3v) is 9.64. The molecule has 60 heavy (non-hydrogen) atoms. The number of aliphatic hydroxyl groups excluding tert-OH is 2. The second-order valence-corrected chi connectivity index (χ2v) is 15.8. The van der Waals surface area contributed by atoms with Gasteiger partial charge in [-0.1, -0.05) is 137 Å². The molecule has 0 aliphatic carbocycles. The van der Waals surface area contributed by atoms with Gasteiger partial charge in [0.2, 0.25) is 0 Å². The molecule has 0 aliphatic rings. The van der Waals surface area contributed by atoms with Gasteiger partial charge in [0.25, 0.3) is 0 Å². The predicted molar refractivity (Wildman–Crippen MR) is 242 cm³/mol. The van der Waals surface area contributed by atoms with Crippen molar-refractivity contribution in [2.75, 3.05) is 26.4 Å². The van der Waals surface area contributed by atoms with E-state index < -0.39 is 51.8 Å². The zero-order valence-corrected chi connectivity index (χ0v) is 37.5. The monoisotopic (exact) mass is 861 g/mol. The molecule has 0 aromatic carbocycles. The van der Waals surface area contributed by atoms with Crippen LogP contribution in [0.1, 0.15) is 149 Å². The molecule has 0 spiro atoms. The van der Waals surface area contributed by atoms with Crippen molar-refractivity contribution in [2.45, 2.75) is 161 Å². The lowest BCUT2D eigenvalue weighted by molar-refractivity contribution is -0.161. The van der Waals surface area contributed by atoms with Crippen molar-refractivity contribution in [3.05, 3.63) is 97.2 Å². The summed E-state index contributed by atoms with van der Waals surface area (Å²) in [5.41, 5.74) is 0. The fraction of sp³-hybridized carbons (Fsp3) is 0.604. The van der Waals surface area contributed by atoms with Gasteiger partial charge in [0, 0.05) is 19.3 Å². The molecule has 0 saturated heterocycles. The SMILES string of the molecule is CCCCC/C=C\C/C=C\C/C=C\C/C=C\CCCCCC(=O)OC[C@H](COP(=O)(O)OC[C@@H](O)CO)OC(=O)CCC/C=C\C/C=C\C/C=C\C=C\C(=O)CCCCC. The highest BCUT2D eigenvalue weighted by Crippen LogP contribution is 2.43. The highest BCUT2D eigenvalue weighted by Gasteiger charge is 2.27. The topological polar surface area (TPSA) is 166 Å². The number of hydrogen-bond donors (Lipinski definition) is 3. The van der Waals surface area contributed by atoms with Crippen molar-refractivity contribution < 1.29 is 52.6 Å². The van der Waals surface area contributed by atoms with Crippen LogP contribution in [-0.2, 0) is 37.5 Å². The van der Waals surface area contributed by atoms with E-state index in [0.29, 0.717) is 25.7 Å². The fourth-order valence-corrected chi connectivity index (χ4v) is 6.01. The van der Waals surface area contributed by atoms with Crippen molar-refractivity contribution in [1.29, 1.82) is 0 Å². The first-order chi connectivity index (χ1) is 29.1. The Labute approximate surface area is 361 Å². The van der Waals surface area contributed by atoms with Crippen molar-refractivity contribution in [2.24, 2.45) is 0 Å². The van der Waals surface area contributed by atoms with Gasteiger partial charge in [-0.05, 0) is 89.5 Å². The van der Waals surface area contributed by atoms with E-state index in [1.807, 2.05) is 36.5 Å². The number of rotatable bonds is 40. The molecule has 0 rings (SSSR count). The molecule has 0 saturated carbocycles. The zero-order valence-electron chi connectivity index (χ0n) is 36.6. The number of ketones is 1. The molecule has 3 N–H and O–H groups in total. The van der Waals surface area contributed by atoms with Gasteiger partial charge in [0.1, 0.15) is 12.7 Å². The van der Waals surface area contributed by atoms with Crippen molar-refractivity contribution in [1.82, 2.24) is 0 Å². The second-order valence-electron chi connectivity index (χ2n) is 14.4. The summed E-state index contributed by atoms with van der Waals surface area (Å²) in [6.07, 6.45) is 47.9. The summed E-state index contributed by atoms with van der Waals surface area (Å²) in [5.74, 6) is -0.919. The van der Waals surface area contributed by atoms with Gasteiger partial charge in [-0.2, -0.15) is 0 Å². The maximum Gasteiger partial charge on any atom is 0.472 e. The Hall–Kier alpha value is -3.44. The molecule has 0 radical (unpaired) electrons. The summed E-state index contributed by atoms with van der Waals surface area (Å²) in [4.78, 5) is 46.7. The maximum atomic E-state index is 12.6. The van der Waals surface area contributed by atoms with Gasteiger partial charge in [0.05, 0.1) is 19.8 Å². The van der Waals surface area contributed by atoms with Crippen molar-refractivity contribution >= 4 is 25.5 Å². The summed E-state index contributed by atoms with van der Waals surface area (Å²) in [7, 11) is -4.66. The third-order valence-electron chi connectivity index (χ3n) is 8.69. The second kappa shape index (κ2) is 42.3. The number of ether oxygens (including phenoxy) is 2. The Kier molecular flexibility index (Phi) is 39.8. The molecular weight excluding hydrogens is 783 g/mol. The number of esters is 2. The first-order valence-corrected chi connectivity index (χ1v) is 23.6. The highest BCUT2D eigenvalue weighted by molar-refractivity contribution is 7.47. The van der Waals surface area contributed by atoms with Crippen LogP contribution in [0.15, 0.2) is 97.2 Å². The van der Waals surface area contributed by atoms with Crippen LogP contribution in [0.4, 0.5) is 0 Å². The summed E-state index contributed by atoms with van der Waals surface area (Å²) < 4.78 is 32.6. The Morgan fingerprint density at radius 3 is 1.62 bits per heavy atom. The Morgan fingerprint density at radius 2 is 1.03 bits per heavy atom. The lowest BCUT2D eigenvalue weighted by Crippen LogP contribution is -2.29. The molecule has 340 valence electrons. The summed E-state index contributed by atoms with van der Waals surface area (Å²) in [6.45, 7) is 2.05. The van der Waals surface area contributed by atoms with Gasteiger partial charge in [0.15, 0.2) is 11.9 Å². The lowest BCUT2D eigenvalue weighted by Gasteiger charge is -2.20. The number of phosphoric ester groups is 1. The fourth-order valence-electron chi connectivity index (χ4n) is 5.22. The summed E-state index contributed by atoms with van der Waals surface area (Å²) >= 11 is 0. The number of aliphatic hydroxyl groups is 2. The Bertz CT molecular complexity index is 1380. The number of unbranched alkanes of at least 4 members (excludes halogenated alkanes) is 9. The zero-order chi connectivity index (χ0) is 44.2. The van der Waals surface area contributed by atoms with E-state index in [4.69, 9.17) is 19.1 Å². The van der Waals surface area contributed by atoms with E-state index in [1.165, 1.54) is 25.7 Å². The average molecular weight is 861 g/mol. The maximum absolute atomic E-state index is 12.6. The third kappa shape index (κ3) is 41.3. The van der Waals surface area contributed by atoms with Crippen molar-refractivity contribution in [3.8, 4) is 0 Å². The summed E-state index contributed by atoms with van der Waals surface area (Å²) in [6, 6.07) is 0. The van der Waals surface area contributed by atoms with E-state index in [1.54, 1.807) is 12.2 Å². The first-order valence-electron chi connectivity index (χ1n) is 22.1. The molecule has 0 bridgehead atoms. The van der Waals surface area contributed by atoms with E-state index in [2.05, 4.69) is 67.0 Å². The van der Waals surface area contributed by atoms with Gasteiger partial charge < -0.3 is 24.6 Å². The van der Waals surface area contributed by atoms with Gasteiger partial charge in [-0.15, -0.1) is 0 Å². The predicted octanol–water partition coefficient (Wildman–Crippen LogP) is 11.2. The first kappa shape index (κ1) is 56.6. The molecule has 0 heterocycles. The molecule has 1 unspecified atom stereocenters. The quantitative estimate of drug-likeness (QED) is 0.0134. The van der Waals surface area contributed by atoms with Crippen LogP contribution in [0, 0.1) is 0 Å². The molecular formula is C48H77O11P. The lowest BCUT2D eigenvalue weighted by atomic mass is 10.1. The van der Waals surface area contributed by atoms with E-state index in [0.717, 1.165) is 70.6 Å². The van der Waals surface area contributed by atoms with Gasteiger partial charge in [-0.3, -0.25) is 23.4 Å². The molecule has 0 amide bonds. The molecule has 0 aromatic heterocycles. The normalized spacial score (nSPS) is 14.6. The molecule has 0 aliphatic heterocycles. The number of carbonyl (C=O) groups excluding carboxylic acids is 3. The Morgan fingerprint density at radius 1 is 0.550 bits per heavy atom. The van der Waals surface area contributed by atoms with Crippen LogP contribution in [0.2, 0.25) is 0 Å². The minimum Gasteiger partial charge on any atom is -0.462 e. The van der Waals surface area contributed by atoms with Gasteiger partial charge in [-0.25, -0.2) is 4.57 Å². The largest absolute Gasteiger partial charge is 0.472 e. The van der Waals surface area contributed by atoms with Crippen LogP contribution in [0.5, 0.6) is 0 Å².